The van der Waals surface area contributed by atoms with E-state index in [1.54, 1.807) is 0 Å². The number of rotatable bonds is 6. The number of carboxylic acid groups (broad SMARTS) is 1. The highest BCUT2D eigenvalue weighted by atomic mass is 16.4. The van der Waals surface area contributed by atoms with Crippen molar-refractivity contribution in [3.63, 3.8) is 0 Å². The van der Waals surface area contributed by atoms with Crippen LogP contribution in [0.4, 0.5) is 0 Å². The highest BCUT2D eigenvalue weighted by molar-refractivity contribution is 5.95. The number of aliphatic hydroxyl groups is 1. The van der Waals surface area contributed by atoms with Gasteiger partial charge in [0.1, 0.15) is 18.1 Å². The molecule has 0 bridgehead atoms. The molecule has 0 aliphatic carbocycles. The van der Waals surface area contributed by atoms with Crippen molar-refractivity contribution in [2.75, 3.05) is 19.6 Å². The first-order chi connectivity index (χ1) is 13.8. The first-order valence-corrected chi connectivity index (χ1v) is 10.4. The fraction of sp³-hybridized carbons (Fsp3) is 0.789. The minimum Gasteiger partial charge on any atom is -0.480 e. The zero-order valence-corrected chi connectivity index (χ0v) is 16.7. The highest BCUT2D eigenvalue weighted by Crippen LogP contribution is 2.26. The molecule has 5 unspecified atom stereocenters. The maximum Gasteiger partial charge on any atom is 0.326 e. The van der Waals surface area contributed by atoms with Gasteiger partial charge < -0.3 is 30.6 Å². The largest absolute Gasteiger partial charge is 0.480 e. The van der Waals surface area contributed by atoms with Crippen LogP contribution < -0.4 is 10.6 Å². The Morgan fingerprint density at radius 1 is 1.00 bits per heavy atom. The van der Waals surface area contributed by atoms with Gasteiger partial charge in [-0.2, -0.15) is 0 Å². The summed E-state index contributed by atoms with van der Waals surface area (Å²) in [4.78, 5) is 52.7. The molecular formula is C19H30N4O6. The lowest BCUT2D eigenvalue weighted by Gasteiger charge is -2.33. The van der Waals surface area contributed by atoms with Gasteiger partial charge in [-0.15, -0.1) is 0 Å². The minimum absolute atomic E-state index is 0.335. The Morgan fingerprint density at radius 2 is 1.66 bits per heavy atom. The molecule has 3 heterocycles. The van der Waals surface area contributed by atoms with E-state index in [1.807, 2.05) is 0 Å². The van der Waals surface area contributed by atoms with Crippen molar-refractivity contribution in [3.05, 3.63) is 0 Å². The number of hydrogen-bond acceptors (Lipinski definition) is 6. The predicted octanol–water partition coefficient (Wildman–Crippen LogP) is -1.33. The fourth-order valence-electron chi connectivity index (χ4n) is 4.50. The van der Waals surface area contributed by atoms with E-state index >= 15 is 0 Å². The molecule has 3 aliphatic heterocycles. The molecule has 0 aromatic carbocycles. The zero-order valence-electron chi connectivity index (χ0n) is 16.7. The van der Waals surface area contributed by atoms with Gasteiger partial charge in [0.2, 0.25) is 17.7 Å². The minimum atomic E-state index is -1.15. The van der Waals surface area contributed by atoms with Crippen molar-refractivity contribution in [1.82, 2.24) is 20.4 Å². The number of hydrogen-bond donors (Lipinski definition) is 4. The summed E-state index contributed by atoms with van der Waals surface area (Å²) >= 11 is 0. The number of carbonyl (C=O) groups excluding carboxylic acids is 3. The fourth-order valence-corrected chi connectivity index (χ4v) is 4.50. The van der Waals surface area contributed by atoms with E-state index in [9.17, 15) is 29.4 Å². The molecule has 29 heavy (non-hydrogen) atoms. The maximum atomic E-state index is 13.1. The molecule has 4 N–H and O–H groups in total. The second-order valence-corrected chi connectivity index (χ2v) is 8.09. The van der Waals surface area contributed by atoms with Crippen molar-refractivity contribution in [3.8, 4) is 0 Å². The Bertz CT molecular complexity index is 663. The van der Waals surface area contributed by atoms with Gasteiger partial charge in [0.15, 0.2) is 0 Å². The molecule has 3 rings (SSSR count). The van der Waals surface area contributed by atoms with E-state index in [-0.39, 0.29) is 17.9 Å². The molecule has 3 amide bonds. The predicted molar refractivity (Wildman–Crippen MR) is 102 cm³/mol. The normalized spacial score (nSPS) is 29.0. The van der Waals surface area contributed by atoms with Crippen molar-refractivity contribution < 1.29 is 29.4 Å². The summed E-state index contributed by atoms with van der Waals surface area (Å²) in [5.74, 6) is -2.25. The second-order valence-electron chi connectivity index (χ2n) is 8.09. The molecule has 0 radical (unpaired) electrons. The summed E-state index contributed by atoms with van der Waals surface area (Å²) in [5, 5.41) is 25.2. The van der Waals surface area contributed by atoms with Gasteiger partial charge in [-0.05, 0) is 52.0 Å². The quantitative estimate of drug-likeness (QED) is 0.425. The van der Waals surface area contributed by atoms with Crippen LogP contribution in [0.25, 0.3) is 0 Å². The first kappa shape index (κ1) is 21.5. The zero-order chi connectivity index (χ0) is 21.1. The smallest absolute Gasteiger partial charge is 0.326 e. The van der Waals surface area contributed by atoms with Gasteiger partial charge in [-0.1, -0.05) is 0 Å². The van der Waals surface area contributed by atoms with E-state index in [1.165, 1.54) is 16.7 Å². The summed E-state index contributed by atoms with van der Waals surface area (Å²) < 4.78 is 0. The SMILES string of the molecule is CC(O)C(NC(=O)C1CCCN1)C(=O)N1CCCC1C(=O)N1CCCC1C(=O)O. The van der Waals surface area contributed by atoms with Crippen molar-refractivity contribution in [2.24, 2.45) is 0 Å². The molecule has 3 fully saturated rings. The Kier molecular flexibility index (Phi) is 6.74. The molecule has 0 spiro atoms. The van der Waals surface area contributed by atoms with Crippen LogP contribution in [0.3, 0.4) is 0 Å². The Labute approximate surface area is 169 Å². The third kappa shape index (κ3) is 4.53. The molecular weight excluding hydrogens is 380 g/mol. The molecule has 10 nitrogen and oxygen atoms in total. The van der Waals surface area contributed by atoms with Crippen LogP contribution in [0, 0.1) is 0 Å². The summed E-state index contributed by atoms with van der Waals surface area (Å²) in [6.45, 7) is 2.85. The van der Waals surface area contributed by atoms with E-state index in [2.05, 4.69) is 10.6 Å². The number of nitrogens with zero attached hydrogens (tertiary/aromatic N) is 2. The Morgan fingerprint density at radius 3 is 2.24 bits per heavy atom. The van der Waals surface area contributed by atoms with Crippen LogP contribution in [-0.2, 0) is 19.2 Å². The monoisotopic (exact) mass is 410 g/mol. The first-order valence-electron chi connectivity index (χ1n) is 10.4. The Balaban J connectivity index is 1.70. The summed E-state index contributed by atoms with van der Waals surface area (Å²) in [5.41, 5.74) is 0. The van der Waals surface area contributed by atoms with E-state index in [4.69, 9.17) is 0 Å². The average Bonchev–Trinajstić information content (AvgIpc) is 3.44. The topological polar surface area (TPSA) is 139 Å². The molecule has 0 saturated carbocycles. The lowest BCUT2D eigenvalue weighted by Crippen LogP contribution is -2.59. The number of carboxylic acids is 1. The number of amides is 3. The third-order valence-electron chi connectivity index (χ3n) is 6.06. The standard InChI is InChI=1S/C19H30N4O6/c1-11(24)15(21-16(25)12-5-2-8-20-12)18(27)22-9-3-6-13(22)17(26)23-10-4-7-14(23)19(28)29/h11-15,20,24H,2-10H2,1H3,(H,21,25)(H,28,29). The van der Waals surface area contributed by atoms with Gasteiger partial charge in [0.25, 0.3) is 0 Å². The molecule has 3 aliphatic rings. The van der Waals surface area contributed by atoms with Gasteiger partial charge in [0, 0.05) is 13.1 Å². The van der Waals surface area contributed by atoms with Crippen LogP contribution in [0.1, 0.15) is 45.4 Å². The van der Waals surface area contributed by atoms with Crippen LogP contribution in [0.15, 0.2) is 0 Å². The maximum absolute atomic E-state index is 13.1. The van der Waals surface area contributed by atoms with E-state index < -0.39 is 36.1 Å². The highest BCUT2D eigenvalue weighted by Gasteiger charge is 2.44. The molecule has 0 aromatic heterocycles. The van der Waals surface area contributed by atoms with Gasteiger partial charge in [-0.25, -0.2) is 4.79 Å². The number of carbonyl (C=O) groups is 4. The number of aliphatic carboxylic acids is 1. The molecule has 10 heteroatoms. The van der Waals surface area contributed by atoms with E-state index in [0.717, 1.165) is 13.0 Å². The van der Waals surface area contributed by atoms with Crippen molar-refractivity contribution in [2.45, 2.75) is 75.7 Å². The molecule has 162 valence electrons. The summed E-state index contributed by atoms with van der Waals surface area (Å²) in [6, 6.07) is -3.15. The lowest BCUT2D eigenvalue weighted by molar-refractivity contribution is -0.153. The van der Waals surface area contributed by atoms with Gasteiger partial charge in [0.05, 0.1) is 12.1 Å². The average molecular weight is 410 g/mol. The number of likely N-dealkylation sites (tertiary alicyclic amines) is 2. The number of aliphatic hydroxyl groups excluding tert-OH is 1. The van der Waals surface area contributed by atoms with Crippen molar-refractivity contribution >= 4 is 23.7 Å². The second kappa shape index (κ2) is 9.08. The van der Waals surface area contributed by atoms with Gasteiger partial charge >= 0.3 is 5.97 Å². The third-order valence-corrected chi connectivity index (χ3v) is 6.06. The molecule has 0 aromatic rings. The molecule has 5 atom stereocenters. The van der Waals surface area contributed by atoms with Crippen LogP contribution >= 0.6 is 0 Å². The lowest BCUT2D eigenvalue weighted by atomic mass is 10.1. The molecule has 3 saturated heterocycles. The number of nitrogens with one attached hydrogen (secondary N) is 2. The van der Waals surface area contributed by atoms with Crippen LogP contribution in [0.5, 0.6) is 0 Å². The van der Waals surface area contributed by atoms with Crippen LogP contribution in [-0.4, -0.2) is 93.6 Å². The Hall–Kier alpha value is -2.20. The summed E-state index contributed by atoms with van der Waals surface area (Å²) in [7, 11) is 0. The van der Waals surface area contributed by atoms with E-state index in [0.29, 0.717) is 45.2 Å². The van der Waals surface area contributed by atoms with Gasteiger partial charge in [-0.3, -0.25) is 14.4 Å². The summed E-state index contributed by atoms with van der Waals surface area (Å²) in [6.07, 6.45) is 2.49. The van der Waals surface area contributed by atoms with Crippen molar-refractivity contribution in [1.29, 1.82) is 0 Å². The van der Waals surface area contributed by atoms with Crippen LogP contribution in [0.2, 0.25) is 0 Å².